The minimum absolute atomic E-state index is 0.00340. The summed E-state index contributed by atoms with van der Waals surface area (Å²) < 4.78 is 16.1. The Hall–Kier alpha value is -3.87. The maximum absolute atomic E-state index is 12.6. The SMILES string of the molecule is CCOC(=O)c1c[nH]c(=O)c2c1OC(=O)C[C@@H]2c1ccc(OCCc2ccccc2)cc1. The van der Waals surface area contributed by atoms with Crippen LogP contribution in [0.1, 0.15) is 46.3 Å². The van der Waals surface area contributed by atoms with Crippen molar-refractivity contribution in [1.82, 2.24) is 4.98 Å². The van der Waals surface area contributed by atoms with Crippen LogP contribution in [0.4, 0.5) is 0 Å². The van der Waals surface area contributed by atoms with Crippen molar-refractivity contribution in [2.75, 3.05) is 13.2 Å². The molecule has 0 bridgehead atoms. The smallest absolute Gasteiger partial charge is 0.343 e. The van der Waals surface area contributed by atoms with Crippen molar-refractivity contribution in [3.63, 3.8) is 0 Å². The highest BCUT2D eigenvalue weighted by Gasteiger charge is 2.34. The molecule has 164 valence electrons. The van der Waals surface area contributed by atoms with Gasteiger partial charge in [-0.2, -0.15) is 0 Å². The second kappa shape index (κ2) is 9.51. The van der Waals surface area contributed by atoms with E-state index in [0.717, 1.165) is 12.0 Å². The number of ether oxygens (including phenoxy) is 3. The molecule has 3 aromatic rings. The zero-order chi connectivity index (χ0) is 22.5. The molecule has 0 amide bonds. The van der Waals surface area contributed by atoms with Crippen molar-refractivity contribution in [3.05, 3.63) is 93.4 Å². The summed E-state index contributed by atoms with van der Waals surface area (Å²) in [7, 11) is 0. The lowest BCUT2D eigenvalue weighted by Crippen LogP contribution is -2.30. The average Bonchev–Trinajstić information content (AvgIpc) is 2.80. The fourth-order valence-electron chi connectivity index (χ4n) is 3.75. The van der Waals surface area contributed by atoms with Gasteiger partial charge in [0.1, 0.15) is 11.3 Å². The third-order valence-corrected chi connectivity index (χ3v) is 5.30. The van der Waals surface area contributed by atoms with Crippen LogP contribution in [0.15, 0.2) is 65.6 Å². The Labute approximate surface area is 185 Å². The fourth-order valence-corrected chi connectivity index (χ4v) is 3.75. The van der Waals surface area contributed by atoms with Crippen molar-refractivity contribution >= 4 is 11.9 Å². The second-order valence-electron chi connectivity index (χ2n) is 7.38. The molecule has 32 heavy (non-hydrogen) atoms. The molecule has 1 atom stereocenters. The van der Waals surface area contributed by atoms with Gasteiger partial charge < -0.3 is 19.2 Å². The molecule has 1 N–H and O–H groups in total. The number of nitrogens with one attached hydrogen (secondary N) is 1. The molecule has 7 heteroatoms. The van der Waals surface area contributed by atoms with Crippen molar-refractivity contribution in [2.24, 2.45) is 0 Å². The highest BCUT2D eigenvalue weighted by Crippen LogP contribution is 2.38. The van der Waals surface area contributed by atoms with Gasteiger partial charge in [-0.1, -0.05) is 42.5 Å². The van der Waals surface area contributed by atoms with Gasteiger partial charge in [-0.3, -0.25) is 9.59 Å². The van der Waals surface area contributed by atoms with Gasteiger partial charge in [-0.05, 0) is 30.2 Å². The summed E-state index contributed by atoms with van der Waals surface area (Å²) in [5.74, 6) is -1.05. The van der Waals surface area contributed by atoms with Crippen molar-refractivity contribution in [2.45, 2.75) is 25.7 Å². The van der Waals surface area contributed by atoms with Crippen LogP contribution in [0.2, 0.25) is 0 Å². The first-order chi connectivity index (χ1) is 15.6. The lowest BCUT2D eigenvalue weighted by molar-refractivity contribution is -0.135. The van der Waals surface area contributed by atoms with E-state index in [2.05, 4.69) is 4.98 Å². The number of rotatable bonds is 7. The molecule has 0 radical (unpaired) electrons. The predicted molar refractivity (Wildman–Crippen MR) is 117 cm³/mol. The Kier molecular flexibility index (Phi) is 6.35. The Morgan fingerprint density at radius 3 is 2.56 bits per heavy atom. The highest BCUT2D eigenvalue weighted by atomic mass is 16.5. The first-order valence-electron chi connectivity index (χ1n) is 10.5. The molecule has 7 nitrogen and oxygen atoms in total. The summed E-state index contributed by atoms with van der Waals surface area (Å²) in [6, 6.07) is 17.3. The Morgan fingerprint density at radius 1 is 1.09 bits per heavy atom. The number of fused-ring (bicyclic) bond motifs is 1. The molecule has 0 saturated heterocycles. The normalized spacial score (nSPS) is 14.9. The van der Waals surface area contributed by atoms with E-state index in [0.29, 0.717) is 12.4 Å². The van der Waals surface area contributed by atoms with Crippen LogP contribution in [-0.4, -0.2) is 30.1 Å². The number of carbonyl (C=O) groups is 2. The molecule has 0 fully saturated rings. The number of hydrogen-bond acceptors (Lipinski definition) is 6. The van der Waals surface area contributed by atoms with E-state index in [1.54, 1.807) is 6.92 Å². The second-order valence-corrected chi connectivity index (χ2v) is 7.38. The monoisotopic (exact) mass is 433 g/mol. The van der Waals surface area contributed by atoms with Gasteiger partial charge in [0.15, 0.2) is 5.75 Å². The van der Waals surface area contributed by atoms with Gasteiger partial charge in [0, 0.05) is 18.5 Å². The molecule has 2 heterocycles. The van der Waals surface area contributed by atoms with Crippen LogP contribution in [0.25, 0.3) is 0 Å². The molecule has 1 aliphatic heterocycles. The number of H-pyrrole nitrogens is 1. The minimum Gasteiger partial charge on any atom is -0.493 e. The summed E-state index contributed by atoms with van der Waals surface area (Å²) in [5.41, 5.74) is 1.81. The molecule has 0 unspecified atom stereocenters. The topological polar surface area (TPSA) is 94.7 Å². The molecule has 2 aromatic carbocycles. The van der Waals surface area contributed by atoms with Crippen LogP contribution in [-0.2, 0) is 16.0 Å². The number of aromatic nitrogens is 1. The summed E-state index contributed by atoms with van der Waals surface area (Å²) in [4.78, 5) is 39.7. The molecule has 1 aromatic heterocycles. The van der Waals surface area contributed by atoms with E-state index < -0.39 is 23.4 Å². The largest absolute Gasteiger partial charge is 0.493 e. The predicted octanol–water partition coefficient (Wildman–Crippen LogP) is 3.61. The van der Waals surface area contributed by atoms with E-state index >= 15 is 0 Å². The van der Waals surface area contributed by atoms with Crippen LogP contribution in [0.5, 0.6) is 11.5 Å². The zero-order valence-electron chi connectivity index (χ0n) is 17.6. The molecular formula is C25H23NO6. The number of hydrogen-bond donors (Lipinski definition) is 1. The van der Waals surface area contributed by atoms with E-state index in [-0.39, 0.29) is 29.9 Å². The third-order valence-electron chi connectivity index (χ3n) is 5.30. The standard InChI is InChI=1S/C25H23NO6/c1-2-30-25(29)20-15-26-24(28)22-19(14-21(27)32-23(20)22)17-8-10-18(11-9-17)31-13-12-16-6-4-3-5-7-16/h3-11,15,19H,2,12-14H2,1H3,(H,26,28)/t19-/m1/s1. The highest BCUT2D eigenvalue weighted by molar-refractivity contribution is 5.94. The molecule has 0 saturated carbocycles. The van der Waals surface area contributed by atoms with Crippen LogP contribution in [0.3, 0.4) is 0 Å². The van der Waals surface area contributed by atoms with Crippen molar-refractivity contribution < 1.29 is 23.8 Å². The van der Waals surface area contributed by atoms with Crippen LogP contribution in [0, 0.1) is 0 Å². The number of carbonyl (C=O) groups excluding carboxylic acids is 2. The first kappa shape index (κ1) is 21.4. The Bertz CT molecular complexity index is 1170. The van der Waals surface area contributed by atoms with Gasteiger partial charge >= 0.3 is 11.9 Å². The molecule has 0 spiro atoms. The maximum Gasteiger partial charge on any atom is 0.343 e. The summed E-state index contributed by atoms with van der Waals surface area (Å²) in [5, 5.41) is 0. The van der Waals surface area contributed by atoms with Crippen molar-refractivity contribution in [1.29, 1.82) is 0 Å². The minimum atomic E-state index is -0.657. The third kappa shape index (κ3) is 4.56. The molecule has 0 aliphatic carbocycles. The summed E-state index contributed by atoms with van der Waals surface area (Å²) in [6.07, 6.45) is 2.01. The van der Waals surface area contributed by atoms with Gasteiger partial charge in [-0.25, -0.2) is 4.79 Å². The lowest BCUT2D eigenvalue weighted by Gasteiger charge is -2.25. The first-order valence-corrected chi connectivity index (χ1v) is 10.5. The summed E-state index contributed by atoms with van der Waals surface area (Å²) in [6.45, 7) is 2.37. The van der Waals surface area contributed by atoms with Crippen LogP contribution >= 0.6 is 0 Å². The molecule has 4 rings (SSSR count). The van der Waals surface area contributed by atoms with Crippen molar-refractivity contribution in [3.8, 4) is 11.5 Å². The number of benzene rings is 2. The average molecular weight is 433 g/mol. The Morgan fingerprint density at radius 2 is 1.84 bits per heavy atom. The van der Waals surface area contributed by atoms with Gasteiger partial charge in [-0.15, -0.1) is 0 Å². The van der Waals surface area contributed by atoms with E-state index in [4.69, 9.17) is 14.2 Å². The van der Waals surface area contributed by atoms with Crippen LogP contribution < -0.4 is 15.0 Å². The number of aromatic amines is 1. The Balaban J connectivity index is 1.55. The quantitative estimate of drug-likeness (QED) is 0.572. The molecule has 1 aliphatic rings. The number of esters is 2. The fraction of sp³-hybridized carbons (Fsp3) is 0.240. The summed E-state index contributed by atoms with van der Waals surface area (Å²) >= 11 is 0. The number of pyridine rings is 1. The van der Waals surface area contributed by atoms with E-state index in [1.165, 1.54) is 11.8 Å². The van der Waals surface area contributed by atoms with Gasteiger partial charge in [0.05, 0.1) is 25.2 Å². The van der Waals surface area contributed by atoms with E-state index in [1.807, 2.05) is 54.6 Å². The maximum atomic E-state index is 12.6. The van der Waals surface area contributed by atoms with Gasteiger partial charge in [0.2, 0.25) is 0 Å². The molecular weight excluding hydrogens is 410 g/mol. The lowest BCUT2D eigenvalue weighted by atomic mass is 9.86. The van der Waals surface area contributed by atoms with E-state index in [9.17, 15) is 14.4 Å². The van der Waals surface area contributed by atoms with Gasteiger partial charge in [0.25, 0.3) is 5.56 Å². The zero-order valence-corrected chi connectivity index (χ0v) is 17.6.